The number of hydrogen-bond acceptors (Lipinski definition) is 4. The van der Waals surface area contributed by atoms with Crippen LogP contribution in [0.15, 0.2) is 48.5 Å². The van der Waals surface area contributed by atoms with Gasteiger partial charge in [-0.1, -0.05) is 12.1 Å². The molecule has 0 spiro atoms. The molecule has 2 aromatic rings. The molecule has 0 fully saturated rings. The Morgan fingerprint density at radius 3 is 2.50 bits per heavy atom. The van der Waals surface area contributed by atoms with Gasteiger partial charge < -0.3 is 10.1 Å². The maximum atomic E-state index is 10.6. The van der Waals surface area contributed by atoms with E-state index in [0.29, 0.717) is 0 Å². The van der Waals surface area contributed by atoms with Crippen LogP contribution in [0.3, 0.4) is 0 Å². The van der Waals surface area contributed by atoms with Gasteiger partial charge in [-0.25, -0.2) is 0 Å². The van der Waals surface area contributed by atoms with Crippen LogP contribution in [0.2, 0.25) is 0 Å². The fraction of sp³-hybridized carbons (Fsp3) is 0.200. The predicted octanol–water partition coefficient (Wildman–Crippen LogP) is 3.78. The predicted molar refractivity (Wildman–Crippen MR) is 78.1 cm³/mol. The summed E-state index contributed by atoms with van der Waals surface area (Å²) in [6.07, 6.45) is 0. The highest BCUT2D eigenvalue weighted by Gasteiger charge is 2.08. The molecular weight excluding hydrogens is 256 g/mol. The number of anilines is 1. The van der Waals surface area contributed by atoms with Crippen molar-refractivity contribution >= 4 is 11.4 Å². The lowest BCUT2D eigenvalue weighted by molar-refractivity contribution is -0.384. The Labute approximate surface area is 117 Å². The van der Waals surface area contributed by atoms with E-state index in [1.165, 1.54) is 12.1 Å². The summed E-state index contributed by atoms with van der Waals surface area (Å²) in [6, 6.07) is 14.2. The largest absolute Gasteiger partial charge is 0.497 e. The van der Waals surface area contributed by atoms with E-state index >= 15 is 0 Å². The molecule has 0 amide bonds. The summed E-state index contributed by atoms with van der Waals surface area (Å²) in [5.41, 5.74) is 2.01. The van der Waals surface area contributed by atoms with Crippen LogP contribution in [0, 0.1) is 10.1 Å². The molecule has 0 aliphatic heterocycles. The SMILES string of the molecule is COc1cccc(C(C)Nc2ccc([N+](=O)[O-])cc2)c1. The van der Waals surface area contributed by atoms with Crippen molar-refractivity contribution in [2.75, 3.05) is 12.4 Å². The summed E-state index contributed by atoms with van der Waals surface area (Å²) in [4.78, 5) is 10.2. The Balaban J connectivity index is 2.10. The normalized spacial score (nSPS) is 11.7. The third kappa shape index (κ3) is 3.26. The first kappa shape index (κ1) is 13.9. The van der Waals surface area contributed by atoms with Gasteiger partial charge in [-0.05, 0) is 36.8 Å². The second-order valence-electron chi connectivity index (χ2n) is 4.45. The summed E-state index contributed by atoms with van der Waals surface area (Å²) < 4.78 is 5.19. The lowest BCUT2D eigenvalue weighted by atomic mass is 10.1. The van der Waals surface area contributed by atoms with Crippen LogP contribution in [0.4, 0.5) is 11.4 Å². The van der Waals surface area contributed by atoms with Crippen molar-refractivity contribution in [1.82, 2.24) is 0 Å². The molecular formula is C15H16N2O3. The number of benzene rings is 2. The van der Waals surface area contributed by atoms with Crippen LogP contribution in [0.1, 0.15) is 18.5 Å². The zero-order valence-corrected chi connectivity index (χ0v) is 11.4. The molecule has 2 aromatic carbocycles. The van der Waals surface area contributed by atoms with E-state index < -0.39 is 4.92 Å². The van der Waals surface area contributed by atoms with Crippen LogP contribution in [-0.2, 0) is 0 Å². The maximum Gasteiger partial charge on any atom is 0.269 e. The minimum Gasteiger partial charge on any atom is -0.497 e. The molecule has 104 valence electrons. The molecule has 0 aliphatic rings. The van der Waals surface area contributed by atoms with E-state index in [2.05, 4.69) is 5.32 Å². The molecule has 20 heavy (non-hydrogen) atoms. The van der Waals surface area contributed by atoms with Crippen LogP contribution in [-0.4, -0.2) is 12.0 Å². The molecule has 0 radical (unpaired) electrons. The zero-order chi connectivity index (χ0) is 14.5. The van der Waals surface area contributed by atoms with E-state index in [1.807, 2.05) is 31.2 Å². The topological polar surface area (TPSA) is 64.4 Å². The van der Waals surface area contributed by atoms with E-state index in [4.69, 9.17) is 4.74 Å². The van der Waals surface area contributed by atoms with Gasteiger partial charge in [-0.2, -0.15) is 0 Å². The number of ether oxygens (including phenoxy) is 1. The molecule has 2 rings (SSSR count). The van der Waals surface area contributed by atoms with Crippen molar-refractivity contribution in [2.45, 2.75) is 13.0 Å². The minimum absolute atomic E-state index is 0.0755. The van der Waals surface area contributed by atoms with Crippen molar-refractivity contribution in [3.63, 3.8) is 0 Å². The Hall–Kier alpha value is -2.56. The maximum absolute atomic E-state index is 10.6. The number of rotatable bonds is 5. The Bertz CT molecular complexity index is 596. The molecule has 1 N–H and O–H groups in total. The molecule has 0 saturated heterocycles. The first-order valence-corrected chi connectivity index (χ1v) is 6.25. The van der Waals surface area contributed by atoms with Gasteiger partial charge in [0.1, 0.15) is 5.75 Å². The number of nitro groups is 1. The Kier molecular flexibility index (Phi) is 4.20. The van der Waals surface area contributed by atoms with Gasteiger partial charge in [0.15, 0.2) is 0 Å². The average Bonchev–Trinajstić information content (AvgIpc) is 2.47. The highest BCUT2D eigenvalue weighted by Crippen LogP contribution is 2.23. The number of methoxy groups -OCH3 is 1. The van der Waals surface area contributed by atoms with Gasteiger partial charge in [-0.3, -0.25) is 10.1 Å². The highest BCUT2D eigenvalue weighted by molar-refractivity contribution is 5.50. The van der Waals surface area contributed by atoms with Crippen LogP contribution >= 0.6 is 0 Å². The summed E-state index contributed by atoms with van der Waals surface area (Å²) >= 11 is 0. The van der Waals surface area contributed by atoms with E-state index in [-0.39, 0.29) is 11.7 Å². The Morgan fingerprint density at radius 1 is 1.20 bits per heavy atom. The lowest BCUT2D eigenvalue weighted by Crippen LogP contribution is -2.06. The molecule has 0 heterocycles. The van der Waals surface area contributed by atoms with Gasteiger partial charge in [0.2, 0.25) is 0 Å². The number of nitrogens with one attached hydrogen (secondary N) is 1. The summed E-state index contributed by atoms with van der Waals surface area (Å²) in [5, 5.41) is 13.9. The summed E-state index contributed by atoms with van der Waals surface area (Å²) in [7, 11) is 1.63. The fourth-order valence-electron chi connectivity index (χ4n) is 1.92. The molecule has 0 aromatic heterocycles. The second-order valence-corrected chi connectivity index (χ2v) is 4.45. The van der Waals surface area contributed by atoms with Crippen molar-refractivity contribution in [1.29, 1.82) is 0 Å². The van der Waals surface area contributed by atoms with Gasteiger partial charge in [-0.15, -0.1) is 0 Å². The van der Waals surface area contributed by atoms with Crippen LogP contribution in [0.25, 0.3) is 0 Å². The van der Waals surface area contributed by atoms with E-state index in [0.717, 1.165) is 17.0 Å². The van der Waals surface area contributed by atoms with Crippen molar-refractivity contribution in [3.8, 4) is 5.75 Å². The molecule has 5 nitrogen and oxygen atoms in total. The number of nitro benzene ring substituents is 1. The first-order valence-electron chi connectivity index (χ1n) is 6.25. The average molecular weight is 272 g/mol. The molecule has 0 bridgehead atoms. The molecule has 5 heteroatoms. The smallest absolute Gasteiger partial charge is 0.269 e. The third-order valence-electron chi connectivity index (χ3n) is 3.06. The molecule has 1 unspecified atom stereocenters. The van der Waals surface area contributed by atoms with Crippen molar-refractivity contribution < 1.29 is 9.66 Å². The summed E-state index contributed by atoms with van der Waals surface area (Å²) in [6.45, 7) is 2.02. The quantitative estimate of drug-likeness (QED) is 0.664. The molecule has 0 aliphatic carbocycles. The van der Waals surface area contributed by atoms with E-state index in [1.54, 1.807) is 19.2 Å². The minimum atomic E-state index is -0.407. The van der Waals surface area contributed by atoms with Crippen LogP contribution < -0.4 is 10.1 Å². The van der Waals surface area contributed by atoms with Crippen molar-refractivity contribution in [3.05, 3.63) is 64.2 Å². The monoisotopic (exact) mass is 272 g/mol. The number of hydrogen-bond donors (Lipinski definition) is 1. The highest BCUT2D eigenvalue weighted by atomic mass is 16.6. The third-order valence-corrected chi connectivity index (χ3v) is 3.06. The Morgan fingerprint density at radius 2 is 1.90 bits per heavy atom. The van der Waals surface area contributed by atoms with Gasteiger partial charge in [0.05, 0.1) is 12.0 Å². The van der Waals surface area contributed by atoms with Gasteiger partial charge in [0, 0.05) is 23.9 Å². The fourth-order valence-corrected chi connectivity index (χ4v) is 1.92. The summed E-state index contributed by atoms with van der Waals surface area (Å²) in [5.74, 6) is 0.805. The first-order chi connectivity index (χ1) is 9.60. The van der Waals surface area contributed by atoms with Crippen LogP contribution in [0.5, 0.6) is 5.75 Å². The number of nitrogens with zero attached hydrogens (tertiary/aromatic N) is 1. The second kappa shape index (κ2) is 6.06. The van der Waals surface area contributed by atoms with Crippen molar-refractivity contribution in [2.24, 2.45) is 0 Å². The van der Waals surface area contributed by atoms with Gasteiger partial charge >= 0.3 is 0 Å². The molecule has 1 atom stereocenters. The number of non-ortho nitro benzene ring substituents is 1. The molecule has 0 saturated carbocycles. The van der Waals surface area contributed by atoms with Gasteiger partial charge in [0.25, 0.3) is 5.69 Å². The standard InChI is InChI=1S/C15H16N2O3/c1-11(12-4-3-5-15(10-12)20-2)16-13-6-8-14(9-7-13)17(18)19/h3-11,16H,1-2H3. The zero-order valence-electron chi connectivity index (χ0n) is 11.4. The lowest BCUT2D eigenvalue weighted by Gasteiger charge is -2.16. The van der Waals surface area contributed by atoms with E-state index in [9.17, 15) is 10.1 Å².